The molecule has 1 aromatic heterocycles. The number of aryl methyl sites for hydroxylation is 1. The molecule has 0 aliphatic rings. The summed E-state index contributed by atoms with van der Waals surface area (Å²) >= 11 is 5.90. The highest BCUT2D eigenvalue weighted by molar-refractivity contribution is 6.32. The van der Waals surface area contributed by atoms with Gasteiger partial charge in [-0.15, -0.1) is 0 Å². The van der Waals surface area contributed by atoms with Crippen molar-refractivity contribution in [3.8, 4) is 0 Å². The third kappa shape index (κ3) is 3.18. The fourth-order valence-corrected chi connectivity index (χ4v) is 1.56. The van der Waals surface area contributed by atoms with Crippen molar-refractivity contribution in [2.24, 2.45) is 11.7 Å². The number of hydrogen-bond acceptors (Lipinski definition) is 3. The molecule has 1 aromatic rings. The average Bonchev–Trinajstić information content (AvgIpc) is 2.23. The van der Waals surface area contributed by atoms with Crippen molar-refractivity contribution in [1.29, 1.82) is 0 Å². The number of aromatic nitrogens is 1. The van der Waals surface area contributed by atoms with Crippen LogP contribution in [0.25, 0.3) is 0 Å². The van der Waals surface area contributed by atoms with Crippen molar-refractivity contribution in [3.63, 3.8) is 0 Å². The van der Waals surface area contributed by atoms with Gasteiger partial charge in [-0.05, 0) is 31.5 Å². The number of halogens is 1. The minimum Gasteiger partial charge on any atom is -0.330 e. The molecule has 1 rings (SSSR count). The number of nitrogens with one attached hydrogen (secondary N) is 1. The molecule has 0 saturated carbocycles. The lowest BCUT2D eigenvalue weighted by Crippen LogP contribution is -2.23. The third-order valence-electron chi connectivity index (χ3n) is 2.41. The molecule has 0 aromatic carbocycles. The maximum Gasteiger partial charge on any atom is 0.227 e. The van der Waals surface area contributed by atoms with Gasteiger partial charge in [-0.1, -0.05) is 18.5 Å². The lowest BCUT2D eigenvalue weighted by atomic mass is 10.1. The first-order valence-electron chi connectivity index (χ1n) is 5.18. The fourth-order valence-electron chi connectivity index (χ4n) is 1.30. The monoisotopic (exact) mass is 241 g/mol. The molecule has 0 fully saturated rings. The lowest BCUT2D eigenvalue weighted by molar-refractivity contribution is -0.119. The summed E-state index contributed by atoms with van der Waals surface area (Å²) in [6, 6.07) is 1.80. The standard InChI is InChI=1S/C11H16ClN3O/c1-7-4-6-14-10(12)9(7)15-11(16)8(2)3-5-13/h4,6,8H,3,5,13H2,1-2H3,(H,15,16). The Kier molecular flexibility index (Phi) is 4.71. The van der Waals surface area contributed by atoms with Gasteiger partial charge >= 0.3 is 0 Å². The number of anilines is 1. The molecule has 1 atom stereocenters. The van der Waals surface area contributed by atoms with E-state index in [0.29, 0.717) is 23.8 Å². The van der Waals surface area contributed by atoms with Gasteiger partial charge in [0.2, 0.25) is 5.91 Å². The SMILES string of the molecule is Cc1ccnc(Cl)c1NC(=O)C(C)CCN. The van der Waals surface area contributed by atoms with Crippen LogP contribution in [0, 0.1) is 12.8 Å². The zero-order valence-electron chi connectivity index (χ0n) is 9.46. The van der Waals surface area contributed by atoms with Gasteiger partial charge in [0.1, 0.15) is 0 Å². The molecule has 1 heterocycles. The van der Waals surface area contributed by atoms with E-state index in [1.807, 2.05) is 13.8 Å². The Morgan fingerprint density at radius 1 is 1.69 bits per heavy atom. The third-order valence-corrected chi connectivity index (χ3v) is 2.70. The molecule has 16 heavy (non-hydrogen) atoms. The van der Waals surface area contributed by atoms with Gasteiger partial charge in [0.05, 0.1) is 5.69 Å². The first-order chi connectivity index (χ1) is 7.56. The molecule has 0 spiro atoms. The van der Waals surface area contributed by atoms with Gasteiger partial charge in [-0.2, -0.15) is 0 Å². The second kappa shape index (κ2) is 5.82. The Balaban J connectivity index is 2.77. The number of nitrogens with zero attached hydrogens (tertiary/aromatic N) is 1. The second-order valence-electron chi connectivity index (χ2n) is 3.76. The summed E-state index contributed by atoms with van der Waals surface area (Å²) in [5.74, 6) is -0.205. The first-order valence-corrected chi connectivity index (χ1v) is 5.56. The minimum atomic E-state index is -0.124. The number of carbonyl (C=O) groups excluding carboxylic acids is 1. The van der Waals surface area contributed by atoms with Crippen molar-refractivity contribution < 1.29 is 4.79 Å². The van der Waals surface area contributed by atoms with Gasteiger partial charge < -0.3 is 11.1 Å². The lowest BCUT2D eigenvalue weighted by Gasteiger charge is -2.13. The second-order valence-corrected chi connectivity index (χ2v) is 4.12. The minimum absolute atomic E-state index is 0.0801. The van der Waals surface area contributed by atoms with Gasteiger partial charge in [0, 0.05) is 12.1 Å². The van der Waals surface area contributed by atoms with Crippen molar-refractivity contribution in [3.05, 3.63) is 23.0 Å². The van der Waals surface area contributed by atoms with Crippen molar-refractivity contribution in [1.82, 2.24) is 4.98 Å². The molecule has 5 heteroatoms. The van der Waals surface area contributed by atoms with Gasteiger partial charge in [-0.3, -0.25) is 4.79 Å². The smallest absolute Gasteiger partial charge is 0.227 e. The van der Waals surface area contributed by atoms with Gasteiger partial charge in [0.25, 0.3) is 0 Å². The molecule has 0 bridgehead atoms. The number of pyridine rings is 1. The van der Waals surface area contributed by atoms with E-state index in [1.54, 1.807) is 12.3 Å². The molecule has 0 aliphatic heterocycles. The van der Waals surface area contributed by atoms with E-state index in [0.717, 1.165) is 5.56 Å². The van der Waals surface area contributed by atoms with Crippen LogP contribution >= 0.6 is 11.6 Å². The van der Waals surface area contributed by atoms with Crippen LogP contribution in [-0.4, -0.2) is 17.4 Å². The topological polar surface area (TPSA) is 68.0 Å². The van der Waals surface area contributed by atoms with Gasteiger partial charge in [-0.25, -0.2) is 4.98 Å². The van der Waals surface area contributed by atoms with Crippen LogP contribution in [0.15, 0.2) is 12.3 Å². The number of nitrogens with two attached hydrogens (primary N) is 1. The number of amides is 1. The fraction of sp³-hybridized carbons (Fsp3) is 0.455. The quantitative estimate of drug-likeness (QED) is 0.792. The van der Waals surface area contributed by atoms with Crippen LogP contribution in [0.4, 0.5) is 5.69 Å². The molecule has 1 amide bonds. The molecule has 0 saturated heterocycles. The van der Waals surface area contributed by atoms with E-state index in [9.17, 15) is 4.79 Å². The zero-order chi connectivity index (χ0) is 12.1. The van der Waals surface area contributed by atoms with Crippen LogP contribution in [-0.2, 0) is 4.79 Å². The first kappa shape index (κ1) is 12.9. The Morgan fingerprint density at radius 3 is 2.94 bits per heavy atom. The molecule has 3 N–H and O–H groups in total. The highest BCUT2D eigenvalue weighted by Gasteiger charge is 2.14. The van der Waals surface area contributed by atoms with Crippen LogP contribution in [0.5, 0.6) is 0 Å². The molecule has 0 radical (unpaired) electrons. The van der Waals surface area contributed by atoms with Crippen LogP contribution in [0.1, 0.15) is 18.9 Å². The molecule has 88 valence electrons. The molecular weight excluding hydrogens is 226 g/mol. The van der Waals surface area contributed by atoms with E-state index >= 15 is 0 Å². The Morgan fingerprint density at radius 2 is 2.38 bits per heavy atom. The number of carbonyl (C=O) groups is 1. The van der Waals surface area contributed by atoms with Crippen LogP contribution < -0.4 is 11.1 Å². The van der Waals surface area contributed by atoms with Gasteiger partial charge in [0.15, 0.2) is 5.15 Å². The average molecular weight is 242 g/mol. The highest BCUT2D eigenvalue weighted by Crippen LogP contribution is 2.23. The summed E-state index contributed by atoms with van der Waals surface area (Å²) in [6.07, 6.45) is 2.26. The zero-order valence-corrected chi connectivity index (χ0v) is 10.2. The number of rotatable bonds is 4. The van der Waals surface area contributed by atoms with E-state index in [4.69, 9.17) is 17.3 Å². The van der Waals surface area contributed by atoms with E-state index in [1.165, 1.54) is 0 Å². The Labute approximate surface area is 100 Å². The van der Waals surface area contributed by atoms with Crippen molar-refractivity contribution in [2.75, 3.05) is 11.9 Å². The Bertz CT molecular complexity index is 361. The Hall–Kier alpha value is -1.13. The maximum atomic E-state index is 11.8. The normalized spacial score (nSPS) is 12.2. The number of hydrogen-bond donors (Lipinski definition) is 2. The van der Waals surface area contributed by atoms with E-state index < -0.39 is 0 Å². The van der Waals surface area contributed by atoms with E-state index in [-0.39, 0.29) is 11.8 Å². The van der Waals surface area contributed by atoms with Crippen molar-refractivity contribution >= 4 is 23.2 Å². The summed E-state index contributed by atoms with van der Waals surface area (Å²) in [6.45, 7) is 4.20. The molecule has 1 unspecified atom stereocenters. The largest absolute Gasteiger partial charge is 0.330 e. The molecular formula is C11H16ClN3O. The summed E-state index contributed by atoms with van der Waals surface area (Å²) in [5.41, 5.74) is 6.88. The van der Waals surface area contributed by atoms with Crippen LogP contribution in [0.2, 0.25) is 5.15 Å². The van der Waals surface area contributed by atoms with Crippen molar-refractivity contribution in [2.45, 2.75) is 20.3 Å². The predicted octanol–water partition coefficient (Wildman–Crippen LogP) is 1.97. The maximum absolute atomic E-state index is 11.8. The van der Waals surface area contributed by atoms with E-state index in [2.05, 4.69) is 10.3 Å². The predicted molar refractivity (Wildman–Crippen MR) is 65.4 cm³/mol. The summed E-state index contributed by atoms with van der Waals surface area (Å²) in [4.78, 5) is 15.7. The van der Waals surface area contributed by atoms with Crippen LogP contribution in [0.3, 0.4) is 0 Å². The summed E-state index contributed by atoms with van der Waals surface area (Å²) in [5, 5.41) is 3.09. The molecule has 4 nitrogen and oxygen atoms in total. The summed E-state index contributed by atoms with van der Waals surface area (Å²) in [7, 11) is 0. The molecule has 0 aliphatic carbocycles. The highest BCUT2D eigenvalue weighted by atomic mass is 35.5. The summed E-state index contributed by atoms with van der Waals surface area (Å²) < 4.78 is 0.